The predicted octanol–water partition coefficient (Wildman–Crippen LogP) is 2.59. The molecule has 0 saturated heterocycles. The number of benzene rings is 1. The van der Waals surface area contributed by atoms with Crippen LogP contribution >= 0.6 is 11.6 Å². The van der Waals surface area contributed by atoms with Crippen molar-refractivity contribution in [3.05, 3.63) is 28.8 Å². The van der Waals surface area contributed by atoms with E-state index in [2.05, 4.69) is 4.99 Å². The molecule has 0 atom stereocenters. The first-order valence-electron chi connectivity index (χ1n) is 2.87. The van der Waals surface area contributed by atoms with Crippen molar-refractivity contribution in [1.29, 1.82) is 0 Å². The molecule has 0 aliphatic heterocycles. The van der Waals surface area contributed by atoms with Crippen molar-refractivity contribution in [2.75, 3.05) is 0 Å². The summed E-state index contributed by atoms with van der Waals surface area (Å²) in [4.78, 5) is 12.7. The third kappa shape index (κ3) is 1.67. The van der Waals surface area contributed by atoms with Gasteiger partial charge in [0.05, 0.1) is 5.02 Å². The van der Waals surface area contributed by atoms with E-state index in [1.165, 1.54) is 0 Å². The zero-order valence-corrected chi connectivity index (χ0v) is 6.40. The van der Waals surface area contributed by atoms with Gasteiger partial charge < -0.3 is 0 Å². The minimum absolute atomic E-state index is 0.254. The van der Waals surface area contributed by atoms with Crippen molar-refractivity contribution >= 4 is 23.4 Å². The number of halogens is 3. The molecule has 12 heavy (non-hydrogen) atoms. The molecule has 0 aromatic heterocycles. The second kappa shape index (κ2) is 3.43. The highest BCUT2D eigenvalue weighted by molar-refractivity contribution is 6.33. The highest BCUT2D eigenvalue weighted by Gasteiger charge is 2.08. The molecule has 0 bridgehead atoms. The summed E-state index contributed by atoms with van der Waals surface area (Å²) in [6.45, 7) is 0. The maximum absolute atomic E-state index is 12.7. The van der Waals surface area contributed by atoms with Gasteiger partial charge in [0.25, 0.3) is 0 Å². The number of rotatable bonds is 1. The van der Waals surface area contributed by atoms with Crippen molar-refractivity contribution in [1.82, 2.24) is 0 Å². The van der Waals surface area contributed by atoms with Crippen molar-refractivity contribution in [2.24, 2.45) is 4.99 Å². The Kier molecular flexibility index (Phi) is 2.53. The van der Waals surface area contributed by atoms with E-state index in [-0.39, 0.29) is 5.02 Å². The third-order valence-corrected chi connectivity index (χ3v) is 1.43. The Morgan fingerprint density at radius 1 is 1.42 bits per heavy atom. The molecule has 2 nitrogen and oxygen atoms in total. The predicted molar refractivity (Wildman–Crippen MR) is 39.1 cm³/mol. The van der Waals surface area contributed by atoms with E-state index in [9.17, 15) is 13.6 Å². The molecule has 0 spiro atoms. The molecule has 0 fully saturated rings. The van der Waals surface area contributed by atoms with Crippen LogP contribution in [0.4, 0.5) is 14.5 Å². The van der Waals surface area contributed by atoms with Crippen molar-refractivity contribution < 1.29 is 13.6 Å². The summed E-state index contributed by atoms with van der Waals surface area (Å²) in [6.07, 6.45) is 1.11. The molecular weight excluding hydrogens is 188 g/mol. The van der Waals surface area contributed by atoms with Crippen LogP contribution in [0.2, 0.25) is 5.02 Å². The number of hydrogen-bond donors (Lipinski definition) is 0. The van der Waals surface area contributed by atoms with Crippen LogP contribution in [-0.4, -0.2) is 6.08 Å². The van der Waals surface area contributed by atoms with Crippen LogP contribution in [0.3, 0.4) is 0 Å². The number of carbonyl (C=O) groups excluding carboxylic acids is 1. The monoisotopic (exact) mass is 189 g/mol. The molecule has 0 N–H and O–H groups in total. The van der Waals surface area contributed by atoms with Gasteiger partial charge in [-0.05, 0) is 6.07 Å². The molecule has 0 aliphatic rings. The maximum atomic E-state index is 12.7. The van der Waals surface area contributed by atoms with Crippen LogP contribution in [-0.2, 0) is 4.79 Å². The average molecular weight is 190 g/mol. The molecule has 1 aromatic carbocycles. The van der Waals surface area contributed by atoms with Gasteiger partial charge in [-0.2, -0.15) is 4.99 Å². The van der Waals surface area contributed by atoms with E-state index in [0.29, 0.717) is 6.07 Å². The van der Waals surface area contributed by atoms with Crippen LogP contribution in [0.25, 0.3) is 0 Å². The van der Waals surface area contributed by atoms with Crippen LogP contribution in [0.15, 0.2) is 17.1 Å². The van der Waals surface area contributed by atoms with Crippen LogP contribution < -0.4 is 0 Å². The average Bonchev–Trinajstić information content (AvgIpc) is 1.96. The minimum atomic E-state index is -0.983. The Morgan fingerprint density at radius 3 is 2.58 bits per heavy atom. The van der Waals surface area contributed by atoms with Gasteiger partial charge in [0.2, 0.25) is 6.08 Å². The fraction of sp³-hybridized carbons (Fsp3) is 0. The second-order valence-electron chi connectivity index (χ2n) is 1.92. The van der Waals surface area contributed by atoms with Gasteiger partial charge in [0, 0.05) is 6.07 Å². The van der Waals surface area contributed by atoms with Gasteiger partial charge in [-0.3, -0.25) is 0 Å². The van der Waals surface area contributed by atoms with Crippen LogP contribution in [0.1, 0.15) is 0 Å². The topological polar surface area (TPSA) is 29.4 Å². The molecule has 1 aromatic rings. The lowest BCUT2D eigenvalue weighted by Gasteiger charge is -1.96. The van der Waals surface area contributed by atoms with E-state index in [0.717, 1.165) is 12.1 Å². The minimum Gasteiger partial charge on any atom is -0.211 e. The molecule has 0 radical (unpaired) electrons. The molecule has 62 valence electrons. The van der Waals surface area contributed by atoms with Crippen molar-refractivity contribution in [2.45, 2.75) is 0 Å². The number of hydrogen-bond acceptors (Lipinski definition) is 2. The first-order valence-corrected chi connectivity index (χ1v) is 3.25. The Balaban J connectivity index is 3.37. The van der Waals surface area contributed by atoms with Gasteiger partial charge >= 0.3 is 0 Å². The molecule has 0 heterocycles. The summed E-state index contributed by atoms with van der Waals surface area (Å²) in [5.41, 5.74) is -0.395. The van der Waals surface area contributed by atoms with Crippen LogP contribution in [0.5, 0.6) is 0 Å². The largest absolute Gasteiger partial charge is 0.240 e. The summed E-state index contributed by atoms with van der Waals surface area (Å²) in [7, 11) is 0. The lowest BCUT2D eigenvalue weighted by atomic mass is 10.3. The summed E-state index contributed by atoms with van der Waals surface area (Å²) in [5.74, 6) is -1.80. The summed E-state index contributed by atoms with van der Waals surface area (Å²) in [6, 6.07) is 1.45. The SMILES string of the molecule is O=C=Nc1c(F)cc(F)cc1Cl. The first-order chi connectivity index (χ1) is 5.65. The second-order valence-corrected chi connectivity index (χ2v) is 2.33. The maximum Gasteiger partial charge on any atom is 0.240 e. The van der Waals surface area contributed by atoms with Gasteiger partial charge in [0.15, 0.2) is 5.82 Å². The summed E-state index contributed by atoms with van der Waals surface area (Å²) in [5, 5.41) is -0.254. The quantitative estimate of drug-likeness (QED) is 0.493. The third-order valence-electron chi connectivity index (χ3n) is 1.14. The summed E-state index contributed by atoms with van der Waals surface area (Å²) >= 11 is 5.36. The molecule has 5 heteroatoms. The fourth-order valence-corrected chi connectivity index (χ4v) is 0.924. The smallest absolute Gasteiger partial charge is 0.211 e. The van der Waals surface area contributed by atoms with Crippen molar-refractivity contribution in [3.63, 3.8) is 0 Å². The Labute approximate surface area is 71.5 Å². The molecule has 1 rings (SSSR count). The van der Waals surface area contributed by atoms with E-state index < -0.39 is 17.3 Å². The normalized spacial score (nSPS) is 9.25. The zero-order chi connectivity index (χ0) is 9.14. The lowest BCUT2D eigenvalue weighted by Crippen LogP contribution is -1.81. The van der Waals surface area contributed by atoms with Gasteiger partial charge in [0.1, 0.15) is 11.5 Å². The highest BCUT2D eigenvalue weighted by Crippen LogP contribution is 2.28. The number of isocyanates is 1. The number of nitrogens with zero attached hydrogens (tertiary/aromatic N) is 1. The Morgan fingerprint density at radius 2 is 2.08 bits per heavy atom. The fourth-order valence-electron chi connectivity index (χ4n) is 0.687. The first kappa shape index (κ1) is 8.84. The molecule has 0 aliphatic carbocycles. The standard InChI is InChI=1S/C7H2ClF2NO/c8-5-1-4(9)2-6(10)7(5)11-3-12/h1-2H. The molecule has 0 saturated carbocycles. The van der Waals surface area contributed by atoms with Gasteiger partial charge in [-0.25, -0.2) is 13.6 Å². The molecule has 0 amide bonds. The highest BCUT2D eigenvalue weighted by atomic mass is 35.5. The van der Waals surface area contributed by atoms with Gasteiger partial charge in [-0.15, -0.1) is 0 Å². The lowest BCUT2D eigenvalue weighted by molar-refractivity contribution is 0.563. The Bertz CT molecular complexity index is 337. The Hall–Kier alpha value is -1.25. The summed E-state index contributed by atoms with van der Waals surface area (Å²) < 4.78 is 25.1. The van der Waals surface area contributed by atoms with Crippen LogP contribution in [0, 0.1) is 11.6 Å². The molecule has 0 unspecified atom stereocenters. The van der Waals surface area contributed by atoms with E-state index in [1.54, 1.807) is 0 Å². The molecular formula is C7H2ClF2NO. The van der Waals surface area contributed by atoms with Crippen molar-refractivity contribution in [3.8, 4) is 0 Å². The zero-order valence-electron chi connectivity index (χ0n) is 5.64. The van der Waals surface area contributed by atoms with E-state index in [1.807, 2.05) is 0 Å². The van der Waals surface area contributed by atoms with Gasteiger partial charge in [-0.1, -0.05) is 11.6 Å². The van der Waals surface area contributed by atoms with E-state index >= 15 is 0 Å². The number of aliphatic imine (C=N–C) groups is 1. The van der Waals surface area contributed by atoms with E-state index in [4.69, 9.17) is 11.6 Å².